The number of benzene rings is 3. The lowest BCUT2D eigenvalue weighted by molar-refractivity contribution is -0.384. The number of nitrogens with zero attached hydrogens (tertiary/aromatic N) is 1. The van der Waals surface area contributed by atoms with Crippen LogP contribution in [0.1, 0.15) is 21.5 Å². The highest BCUT2D eigenvalue weighted by Crippen LogP contribution is 2.25. The zero-order valence-electron chi connectivity index (χ0n) is 16.6. The molecule has 0 aliphatic heterocycles. The van der Waals surface area contributed by atoms with E-state index in [1.165, 1.54) is 12.1 Å². The number of nitro benzene ring substituents is 1. The number of hydrogen-bond donors (Lipinski definition) is 2. The van der Waals surface area contributed by atoms with Crippen LogP contribution in [0.5, 0.6) is 5.75 Å². The van der Waals surface area contributed by atoms with Crippen molar-refractivity contribution in [1.82, 2.24) is 5.32 Å². The Bertz CT molecular complexity index is 1000. The van der Waals surface area contributed by atoms with Crippen molar-refractivity contribution >= 4 is 17.3 Å². The minimum atomic E-state index is -0.510. The minimum absolute atomic E-state index is 0.128. The Kier molecular flexibility index (Phi) is 7.00. The first-order valence-corrected chi connectivity index (χ1v) is 9.57. The topological polar surface area (TPSA) is 93.5 Å². The van der Waals surface area contributed by atoms with Gasteiger partial charge in [-0.15, -0.1) is 0 Å². The monoisotopic (exact) mass is 405 g/mol. The fraction of sp³-hybridized carbons (Fsp3) is 0.174. The lowest BCUT2D eigenvalue weighted by Crippen LogP contribution is -2.25. The number of carbonyl (C=O) groups is 1. The molecule has 7 nitrogen and oxygen atoms in total. The molecule has 154 valence electrons. The molecule has 0 atom stereocenters. The number of carbonyl (C=O) groups excluding carboxylic acids is 1. The van der Waals surface area contributed by atoms with E-state index in [0.29, 0.717) is 25.3 Å². The van der Waals surface area contributed by atoms with Gasteiger partial charge in [0.05, 0.1) is 4.92 Å². The van der Waals surface area contributed by atoms with Gasteiger partial charge in [-0.25, -0.2) is 0 Å². The van der Waals surface area contributed by atoms with E-state index in [2.05, 4.69) is 10.6 Å². The van der Waals surface area contributed by atoms with E-state index in [1.54, 1.807) is 13.1 Å². The van der Waals surface area contributed by atoms with E-state index in [4.69, 9.17) is 4.74 Å². The summed E-state index contributed by atoms with van der Waals surface area (Å²) in [6, 6.07) is 22.0. The van der Waals surface area contributed by atoms with E-state index in [9.17, 15) is 14.9 Å². The lowest BCUT2D eigenvalue weighted by Gasteiger charge is -2.09. The summed E-state index contributed by atoms with van der Waals surface area (Å²) in [6.07, 6.45) is 0.640. The van der Waals surface area contributed by atoms with Crippen molar-refractivity contribution in [3.8, 4) is 5.75 Å². The van der Waals surface area contributed by atoms with Crippen molar-refractivity contribution in [3.05, 3.63) is 99.6 Å². The second-order valence-electron chi connectivity index (χ2n) is 6.66. The van der Waals surface area contributed by atoms with Crippen molar-refractivity contribution < 1.29 is 14.5 Å². The Hall–Kier alpha value is -3.87. The van der Waals surface area contributed by atoms with Gasteiger partial charge in [0.1, 0.15) is 18.0 Å². The standard InChI is InChI=1S/C23H23N3O4/c1-24-21-12-9-19(15-22(21)26(28)29)23(27)25-14-13-17-7-10-20(11-8-17)30-16-18-5-3-2-4-6-18/h2-12,15,24H,13-14,16H2,1H3,(H,25,27). The third-order valence-corrected chi connectivity index (χ3v) is 4.60. The fourth-order valence-corrected chi connectivity index (χ4v) is 2.95. The summed E-state index contributed by atoms with van der Waals surface area (Å²) in [7, 11) is 1.60. The third kappa shape index (κ3) is 5.57. The normalized spacial score (nSPS) is 10.3. The van der Waals surface area contributed by atoms with Crippen LogP contribution in [0, 0.1) is 10.1 Å². The Balaban J connectivity index is 1.49. The molecule has 0 fully saturated rings. The molecule has 30 heavy (non-hydrogen) atoms. The van der Waals surface area contributed by atoms with Crippen LogP contribution >= 0.6 is 0 Å². The highest BCUT2D eigenvalue weighted by atomic mass is 16.6. The van der Waals surface area contributed by atoms with Crippen molar-refractivity contribution in [2.45, 2.75) is 13.0 Å². The Morgan fingerprint density at radius 2 is 1.73 bits per heavy atom. The van der Waals surface area contributed by atoms with Gasteiger partial charge in [0.2, 0.25) is 0 Å². The molecule has 3 aromatic rings. The average molecular weight is 405 g/mol. The maximum atomic E-state index is 12.3. The van der Waals surface area contributed by atoms with Gasteiger partial charge in [-0.05, 0) is 41.8 Å². The van der Waals surface area contributed by atoms with Crippen molar-refractivity contribution in [1.29, 1.82) is 0 Å². The van der Waals surface area contributed by atoms with Gasteiger partial charge in [-0.2, -0.15) is 0 Å². The van der Waals surface area contributed by atoms with Crippen LogP contribution in [0.2, 0.25) is 0 Å². The molecule has 3 rings (SSSR count). The number of ether oxygens (including phenoxy) is 1. The smallest absolute Gasteiger partial charge is 0.293 e. The largest absolute Gasteiger partial charge is 0.489 e. The molecule has 7 heteroatoms. The van der Waals surface area contributed by atoms with Gasteiger partial charge in [-0.3, -0.25) is 14.9 Å². The van der Waals surface area contributed by atoms with Crippen LogP contribution in [-0.2, 0) is 13.0 Å². The number of nitro groups is 1. The van der Waals surface area contributed by atoms with Crippen LogP contribution in [0.15, 0.2) is 72.8 Å². The van der Waals surface area contributed by atoms with Gasteiger partial charge >= 0.3 is 0 Å². The van der Waals surface area contributed by atoms with E-state index in [1.807, 2.05) is 54.6 Å². The highest BCUT2D eigenvalue weighted by Gasteiger charge is 2.16. The summed E-state index contributed by atoms with van der Waals surface area (Å²) in [5, 5.41) is 16.7. The van der Waals surface area contributed by atoms with E-state index >= 15 is 0 Å². The number of rotatable bonds is 9. The highest BCUT2D eigenvalue weighted by molar-refractivity contribution is 5.95. The van der Waals surface area contributed by atoms with Crippen LogP contribution in [0.4, 0.5) is 11.4 Å². The van der Waals surface area contributed by atoms with Crippen LogP contribution in [0.3, 0.4) is 0 Å². The molecule has 0 heterocycles. The molecule has 2 N–H and O–H groups in total. The zero-order valence-corrected chi connectivity index (χ0v) is 16.6. The van der Waals surface area contributed by atoms with Crippen molar-refractivity contribution in [2.75, 3.05) is 18.9 Å². The van der Waals surface area contributed by atoms with E-state index in [0.717, 1.165) is 16.9 Å². The van der Waals surface area contributed by atoms with Crippen LogP contribution in [0.25, 0.3) is 0 Å². The molecule has 0 aliphatic rings. The Morgan fingerprint density at radius 3 is 2.40 bits per heavy atom. The zero-order chi connectivity index (χ0) is 21.3. The van der Waals surface area contributed by atoms with Gasteiger partial charge in [0.15, 0.2) is 0 Å². The second kappa shape index (κ2) is 10.1. The van der Waals surface area contributed by atoms with Crippen LogP contribution < -0.4 is 15.4 Å². The molecular weight excluding hydrogens is 382 g/mol. The summed E-state index contributed by atoms with van der Waals surface area (Å²) < 4.78 is 5.77. The summed E-state index contributed by atoms with van der Waals surface area (Å²) in [4.78, 5) is 22.9. The molecular formula is C23H23N3O4. The molecule has 0 aromatic heterocycles. The Labute approximate surface area is 174 Å². The molecule has 1 amide bonds. The fourth-order valence-electron chi connectivity index (χ4n) is 2.95. The predicted octanol–water partition coefficient (Wildman–Crippen LogP) is 4.19. The first kappa shape index (κ1) is 20.9. The minimum Gasteiger partial charge on any atom is -0.489 e. The number of amides is 1. The first-order valence-electron chi connectivity index (χ1n) is 9.57. The third-order valence-electron chi connectivity index (χ3n) is 4.60. The Morgan fingerprint density at radius 1 is 1.00 bits per heavy atom. The summed E-state index contributed by atoms with van der Waals surface area (Å²) in [6.45, 7) is 0.930. The van der Waals surface area contributed by atoms with Gasteiger partial charge in [-0.1, -0.05) is 42.5 Å². The summed E-state index contributed by atoms with van der Waals surface area (Å²) in [5.41, 5.74) is 2.65. The van der Waals surface area contributed by atoms with Gasteiger partial charge < -0.3 is 15.4 Å². The average Bonchev–Trinajstić information content (AvgIpc) is 2.78. The van der Waals surface area contributed by atoms with Gasteiger partial charge in [0.25, 0.3) is 11.6 Å². The molecule has 0 aliphatic carbocycles. The lowest BCUT2D eigenvalue weighted by atomic mass is 10.1. The molecule has 0 radical (unpaired) electrons. The quantitative estimate of drug-likeness (QED) is 0.411. The molecule has 0 unspecified atom stereocenters. The predicted molar refractivity (Wildman–Crippen MR) is 116 cm³/mol. The maximum absolute atomic E-state index is 12.3. The maximum Gasteiger partial charge on any atom is 0.293 e. The van der Waals surface area contributed by atoms with Crippen molar-refractivity contribution in [3.63, 3.8) is 0 Å². The molecule has 0 spiro atoms. The van der Waals surface area contributed by atoms with E-state index < -0.39 is 4.92 Å². The molecule has 3 aromatic carbocycles. The molecule has 0 bridgehead atoms. The summed E-state index contributed by atoms with van der Waals surface area (Å²) in [5.74, 6) is 0.437. The SMILES string of the molecule is CNc1ccc(C(=O)NCCc2ccc(OCc3ccccc3)cc2)cc1[N+](=O)[O-]. The van der Waals surface area contributed by atoms with E-state index in [-0.39, 0.29) is 17.2 Å². The number of hydrogen-bond acceptors (Lipinski definition) is 5. The van der Waals surface area contributed by atoms with Crippen molar-refractivity contribution in [2.24, 2.45) is 0 Å². The van der Waals surface area contributed by atoms with Gasteiger partial charge in [0, 0.05) is 25.2 Å². The molecule has 0 saturated heterocycles. The van der Waals surface area contributed by atoms with Crippen LogP contribution in [-0.4, -0.2) is 24.4 Å². The first-order chi connectivity index (χ1) is 14.6. The number of anilines is 1. The number of nitrogens with one attached hydrogen (secondary N) is 2. The molecule has 0 saturated carbocycles. The second-order valence-corrected chi connectivity index (χ2v) is 6.66. The summed E-state index contributed by atoms with van der Waals surface area (Å²) >= 11 is 0.